The highest BCUT2D eigenvalue weighted by molar-refractivity contribution is 5.60. The molecule has 0 saturated carbocycles. The summed E-state index contributed by atoms with van der Waals surface area (Å²) >= 11 is 0. The van der Waals surface area contributed by atoms with Gasteiger partial charge in [-0.05, 0) is 48.9 Å². The van der Waals surface area contributed by atoms with E-state index < -0.39 is 0 Å². The van der Waals surface area contributed by atoms with Crippen LogP contribution in [0.15, 0.2) is 53.3 Å². The molecule has 6 heteroatoms. The van der Waals surface area contributed by atoms with Gasteiger partial charge in [0.1, 0.15) is 5.75 Å². The number of rotatable bonds is 4. The SMILES string of the molecule is COc1ccc(-c2nnc(Nc3cccc(C)c3)[nH]c2=O)cc1. The van der Waals surface area contributed by atoms with E-state index in [-0.39, 0.29) is 11.3 Å². The highest BCUT2D eigenvalue weighted by atomic mass is 16.5. The van der Waals surface area contributed by atoms with Crippen molar-refractivity contribution in [2.24, 2.45) is 0 Å². The van der Waals surface area contributed by atoms with Crippen LogP contribution in [0.3, 0.4) is 0 Å². The Kier molecular flexibility index (Phi) is 4.05. The predicted molar refractivity (Wildman–Crippen MR) is 89.1 cm³/mol. The lowest BCUT2D eigenvalue weighted by Gasteiger charge is -2.06. The van der Waals surface area contributed by atoms with Gasteiger partial charge in [-0.15, -0.1) is 10.2 Å². The van der Waals surface area contributed by atoms with Crippen LogP contribution in [0, 0.1) is 6.92 Å². The van der Waals surface area contributed by atoms with Crippen LogP contribution in [0.1, 0.15) is 5.56 Å². The largest absolute Gasteiger partial charge is 0.497 e. The third-order valence-corrected chi connectivity index (χ3v) is 3.34. The van der Waals surface area contributed by atoms with E-state index >= 15 is 0 Å². The van der Waals surface area contributed by atoms with Crippen LogP contribution in [-0.4, -0.2) is 22.3 Å². The molecule has 0 aliphatic heterocycles. The second-order valence-electron chi connectivity index (χ2n) is 5.07. The molecule has 0 unspecified atom stereocenters. The van der Waals surface area contributed by atoms with Gasteiger partial charge in [-0.2, -0.15) is 0 Å². The number of aromatic nitrogens is 3. The van der Waals surface area contributed by atoms with Crippen molar-refractivity contribution in [2.45, 2.75) is 6.92 Å². The van der Waals surface area contributed by atoms with Crippen molar-refractivity contribution in [1.29, 1.82) is 0 Å². The summed E-state index contributed by atoms with van der Waals surface area (Å²) in [5.41, 5.74) is 2.59. The van der Waals surface area contributed by atoms with E-state index in [1.54, 1.807) is 31.4 Å². The van der Waals surface area contributed by atoms with Crippen molar-refractivity contribution in [1.82, 2.24) is 15.2 Å². The summed E-state index contributed by atoms with van der Waals surface area (Å²) in [5, 5.41) is 11.1. The normalized spacial score (nSPS) is 10.3. The number of hydrogen-bond donors (Lipinski definition) is 2. The van der Waals surface area contributed by atoms with Crippen molar-refractivity contribution in [3.05, 3.63) is 64.4 Å². The molecule has 0 aliphatic carbocycles. The smallest absolute Gasteiger partial charge is 0.279 e. The van der Waals surface area contributed by atoms with E-state index in [4.69, 9.17) is 4.74 Å². The van der Waals surface area contributed by atoms with Crippen molar-refractivity contribution in [3.63, 3.8) is 0 Å². The minimum Gasteiger partial charge on any atom is -0.497 e. The van der Waals surface area contributed by atoms with Crippen LogP contribution in [0.4, 0.5) is 11.6 Å². The lowest BCUT2D eigenvalue weighted by molar-refractivity contribution is 0.415. The van der Waals surface area contributed by atoms with Gasteiger partial charge in [-0.25, -0.2) is 0 Å². The molecular weight excluding hydrogens is 292 g/mol. The van der Waals surface area contributed by atoms with Crippen molar-refractivity contribution < 1.29 is 4.74 Å². The van der Waals surface area contributed by atoms with Gasteiger partial charge in [0.05, 0.1) is 7.11 Å². The molecule has 3 aromatic rings. The minimum absolute atomic E-state index is 0.266. The third kappa shape index (κ3) is 3.37. The Morgan fingerprint density at radius 1 is 1.09 bits per heavy atom. The Labute approximate surface area is 133 Å². The van der Waals surface area contributed by atoms with E-state index in [9.17, 15) is 4.79 Å². The second-order valence-corrected chi connectivity index (χ2v) is 5.07. The number of methoxy groups -OCH3 is 1. The first kappa shape index (κ1) is 14.8. The first-order chi connectivity index (χ1) is 11.2. The molecular formula is C17H16N4O2. The molecule has 0 amide bonds. The van der Waals surface area contributed by atoms with E-state index in [0.717, 1.165) is 17.0 Å². The van der Waals surface area contributed by atoms with Crippen LogP contribution in [-0.2, 0) is 0 Å². The summed E-state index contributed by atoms with van der Waals surface area (Å²) in [4.78, 5) is 14.9. The van der Waals surface area contributed by atoms with E-state index in [1.807, 2.05) is 31.2 Å². The average Bonchev–Trinajstić information content (AvgIpc) is 2.55. The summed E-state index contributed by atoms with van der Waals surface area (Å²) < 4.78 is 5.10. The Balaban J connectivity index is 1.86. The fraction of sp³-hybridized carbons (Fsp3) is 0.118. The summed E-state index contributed by atoms with van der Waals surface area (Å²) in [7, 11) is 1.59. The summed E-state index contributed by atoms with van der Waals surface area (Å²) in [6.07, 6.45) is 0. The Hall–Kier alpha value is -3.15. The van der Waals surface area contributed by atoms with Crippen LogP contribution in [0.5, 0.6) is 5.75 Å². The lowest BCUT2D eigenvalue weighted by Crippen LogP contribution is -2.15. The number of anilines is 2. The van der Waals surface area contributed by atoms with Crippen molar-refractivity contribution in [2.75, 3.05) is 12.4 Å². The van der Waals surface area contributed by atoms with Crippen LogP contribution in [0.2, 0.25) is 0 Å². The molecule has 0 radical (unpaired) electrons. The standard InChI is InChI=1S/C17H16N4O2/c1-11-4-3-5-13(10-11)18-17-19-16(22)15(20-21-17)12-6-8-14(23-2)9-7-12/h3-10H,1-2H3,(H2,18,19,21,22). The third-order valence-electron chi connectivity index (χ3n) is 3.34. The first-order valence-corrected chi connectivity index (χ1v) is 7.11. The molecule has 0 saturated heterocycles. The van der Waals surface area contributed by atoms with Crippen LogP contribution in [0.25, 0.3) is 11.3 Å². The molecule has 1 heterocycles. The number of benzene rings is 2. The van der Waals surface area contributed by atoms with Gasteiger partial charge in [0, 0.05) is 11.3 Å². The number of hydrogen-bond acceptors (Lipinski definition) is 5. The fourth-order valence-electron chi connectivity index (χ4n) is 2.19. The molecule has 0 fully saturated rings. The summed E-state index contributed by atoms with van der Waals surface area (Å²) in [5.74, 6) is 1.02. The number of H-pyrrole nitrogens is 1. The Morgan fingerprint density at radius 3 is 2.52 bits per heavy atom. The number of aromatic amines is 1. The van der Waals surface area contributed by atoms with Crippen molar-refractivity contribution in [3.8, 4) is 17.0 Å². The molecule has 0 spiro atoms. The molecule has 0 atom stereocenters. The minimum atomic E-state index is -0.305. The maximum absolute atomic E-state index is 12.2. The molecule has 0 aliphatic rings. The zero-order chi connectivity index (χ0) is 16.2. The number of nitrogens with one attached hydrogen (secondary N) is 2. The zero-order valence-corrected chi connectivity index (χ0v) is 12.8. The van der Waals surface area contributed by atoms with Gasteiger partial charge >= 0.3 is 0 Å². The van der Waals surface area contributed by atoms with Crippen LogP contribution >= 0.6 is 0 Å². The van der Waals surface area contributed by atoms with Gasteiger partial charge in [-0.1, -0.05) is 12.1 Å². The van der Waals surface area contributed by atoms with Gasteiger partial charge in [-0.3, -0.25) is 9.78 Å². The van der Waals surface area contributed by atoms with Crippen LogP contribution < -0.4 is 15.6 Å². The molecule has 3 rings (SSSR count). The molecule has 116 valence electrons. The van der Waals surface area contributed by atoms with Gasteiger partial charge in [0.2, 0.25) is 5.95 Å². The van der Waals surface area contributed by atoms with E-state index in [2.05, 4.69) is 20.5 Å². The van der Waals surface area contributed by atoms with Gasteiger partial charge < -0.3 is 10.1 Å². The van der Waals surface area contributed by atoms with Gasteiger partial charge in [0.15, 0.2) is 5.69 Å². The topological polar surface area (TPSA) is 79.9 Å². The summed E-state index contributed by atoms with van der Waals surface area (Å²) in [6, 6.07) is 14.9. The van der Waals surface area contributed by atoms with Gasteiger partial charge in [0.25, 0.3) is 5.56 Å². The molecule has 1 aromatic heterocycles. The molecule has 6 nitrogen and oxygen atoms in total. The highest BCUT2D eigenvalue weighted by Crippen LogP contribution is 2.18. The maximum Gasteiger partial charge on any atom is 0.279 e. The number of ether oxygens (including phenoxy) is 1. The Morgan fingerprint density at radius 2 is 1.87 bits per heavy atom. The second kappa shape index (κ2) is 6.31. The molecule has 2 aromatic carbocycles. The number of aryl methyl sites for hydroxylation is 1. The average molecular weight is 308 g/mol. The number of nitrogens with zero attached hydrogens (tertiary/aromatic N) is 2. The zero-order valence-electron chi connectivity index (χ0n) is 12.8. The quantitative estimate of drug-likeness (QED) is 0.774. The molecule has 23 heavy (non-hydrogen) atoms. The van der Waals surface area contributed by atoms with Crippen molar-refractivity contribution >= 4 is 11.6 Å². The highest BCUT2D eigenvalue weighted by Gasteiger charge is 2.08. The van der Waals surface area contributed by atoms with E-state index in [0.29, 0.717) is 11.5 Å². The summed E-state index contributed by atoms with van der Waals surface area (Å²) in [6.45, 7) is 1.99. The fourth-order valence-corrected chi connectivity index (χ4v) is 2.19. The predicted octanol–water partition coefficient (Wildman–Crippen LogP) is 2.89. The maximum atomic E-state index is 12.2. The van der Waals surface area contributed by atoms with E-state index in [1.165, 1.54) is 0 Å². The lowest BCUT2D eigenvalue weighted by atomic mass is 10.1. The monoisotopic (exact) mass is 308 g/mol. The molecule has 0 bridgehead atoms. The first-order valence-electron chi connectivity index (χ1n) is 7.11. The molecule has 2 N–H and O–H groups in total. The Bertz CT molecular complexity index is 872.